The highest BCUT2D eigenvalue weighted by atomic mass is 28.4. The maximum Gasteiger partial charge on any atom is 0.258 e. The van der Waals surface area contributed by atoms with E-state index in [1.165, 1.54) is 22.3 Å². The van der Waals surface area contributed by atoms with Gasteiger partial charge >= 0.3 is 0 Å². The Balaban J connectivity index is 1.94. The molecule has 0 radical (unpaired) electrons. The van der Waals surface area contributed by atoms with Crippen molar-refractivity contribution < 1.29 is 17.7 Å². The molecule has 0 aliphatic carbocycles. The van der Waals surface area contributed by atoms with Crippen LogP contribution in [0.5, 0.6) is 23.0 Å². The van der Waals surface area contributed by atoms with Crippen LogP contribution in [0, 0.1) is 23.7 Å². The van der Waals surface area contributed by atoms with Crippen LogP contribution in [-0.4, -0.2) is 33.3 Å². The molecule has 4 rings (SSSR count). The summed E-state index contributed by atoms with van der Waals surface area (Å²) in [6, 6.07) is 29.1. The second kappa shape index (κ2) is 28.7. The molecule has 0 heterocycles. The van der Waals surface area contributed by atoms with Gasteiger partial charge in [-0.3, -0.25) is 0 Å². The fraction of sp³-hybridized carbons (Fsp3) is 0.600. The molecule has 0 saturated heterocycles. The molecule has 4 aromatic carbocycles. The molecule has 0 atom stereocenters. The maximum absolute atomic E-state index is 7.42. The Labute approximate surface area is 484 Å². The Kier molecular flexibility index (Phi) is 24.5. The van der Waals surface area contributed by atoms with Crippen LogP contribution < -0.4 is 17.7 Å². The van der Waals surface area contributed by atoms with Gasteiger partial charge in [0.2, 0.25) is 0 Å². The largest absolute Gasteiger partial charge is 0.543 e. The Morgan fingerprint density at radius 3 is 0.833 bits per heavy atom. The van der Waals surface area contributed by atoms with Gasteiger partial charge in [-0.05, 0) is 181 Å². The summed E-state index contributed by atoms with van der Waals surface area (Å²) in [5.74, 6) is 18.4. The van der Waals surface area contributed by atoms with E-state index in [9.17, 15) is 0 Å². The third kappa shape index (κ3) is 14.9. The second-order valence-corrected chi connectivity index (χ2v) is 48.2. The average Bonchev–Trinajstić information content (AvgIpc) is 3.36. The van der Waals surface area contributed by atoms with Crippen LogP contribution in [0.2, 0.25) is 66.5 Å². The van der Waals surface area contributed by atoms with Crippen molar-refractivity contribution in [2.75, 3.05) is 0 Å². The molecule has 4 nitrogen and oxygen atoms in total. The van der Waals surface area contributed by atoms with Crippen molar-refractivity contribution in [1.82, 2.24) is 0 Å². The van der Waals surface area contributed by atoms with Crippen LogP contribution in [0.15, 0.2) is 78.9 Å². The van der Waals surface area contributed by atoms with E-state index in [1.807, 2.05) is 0 Å². The first-order valence-corrected chi connectivity index (χ1v) is 39.3. The van der Waals surface area contributed by atoms with E-state index in [0.717, 1.165) is 71.8 Å². The zero-order valence-electron chi connectivity index (χ0n) is 54.1. The molecule has 0 spiro atoms. The standard InChI is InChI=1S/C70H110O4Si4/c1-26-27-30-61-38-41-68(72-76(51(8)9,52(10)11)53(12)13)46-65(61)36-37-66-47-70(74-78(57(20)21,58(22)23)59(24)25)43-40-63(66)35-34-62-39-42-69(73-77(54(14)15,55(16)17)56(18)19)45-64(62)33-32-60-29-28-31-67(44-60)71-75(48(2)3,49(4)5)50(6)7/h28-29,31,38-59H,26,32-33,36-37H2,1-25H3. The fourth-order valence-electron chi connectivity index (χ4n) is 14.7. The monoisotopic (exact) mass is 1130 g/mol. The highest BCUT2D eigenvalue weighted by Gasteiger charge is 2.50. The van der Waals surface area contributed by atoms with Crippen LogP contribution in [0.3, 0.4) is 0 Å². The molecule has 430 valence electrons. The molecule has 0 fully saturated rings. The maximum atomic E-state index is 7.42. The van der Waals surface area contributed by atoms with Gasteiger partial charge in [0.05, 0.1) is 0 Å². The quantitative estimate of drug-likeness (QED) is 0.0464. The summed E-state index contributed by atoms with van der Waals surface area (Å²) in [5, 5.41) is 0. The smallest absolute Gasteiger partial charge is 0.258 e. The summed E-state index contributed by atoms with van der Waals surface area (Å²) in [5.41, 5.74) is 13.7. The van der Waals surface area contributed by atoms with Crippen molar-refractivity contribution in [2.24, 2.45) is 0 Å². The topological polar surface area (TPSA) is 36.9 Å². The number of aryl methyl sites for hydroxylation is 4. The van der Waals surface area contributed by atoms with Gasteiger partial charge in [-0.25, -0.2) is 0 Å². The molecule has 8 heteroatoms. The Bertz CT molecular complexity index is 2580. The van der Waals surface area contributed by atoms with E-state index >= 15 is 0 Å². The lowest BCUT2D eigenvalue weighted by molar-refractivity contribution is 0.478. The van der Waals surface area contributed by atoms with E-state index in [4.69, 9.17) is 17.7 Å². The average molecular weight is 1130 g/mol. The van der Waals surface area contributed by atoms with Crippen LogP contribution in [-0.2, 0) is 25.7 Å². The highest BCUT2D eigenvalue weighted by Crippen LogP contribution is 2.47. The number of rotatable bonds is 26. The lowest BCUT2D eigenvalue weighted by Crippen LogP contribution is -2.50. The lowest BCUT2D eigenvalue weighted by atomic mass is 9.96. The van der Waals surface area contributed by atoms with Crippen molar-refractivity contribution in [3.05, 3.63) is 118 Å². The van der Waals surface area contributed by atoms with Gasteiger partial charge in [0.15, 0.2) is 0 Å². The van der Waals surface area contributed by atoms with Gasteiger partial charge in [0.25, 0.3) is 33.3 Å². The van der Waals surface area contributed by atoms with E-state index < -0.39 is 33.3 Å². The molecule has 0 unspecified atom stereocenters. The first kappa shape index (κ1) is 66.6. The molecular formula is C70H110O4Si4. The molecule has 0 N–H and O–H groups in total. The normalized spacial score (nSPS) is 12.8. The van der Waals surface area contributed by atoms with Crippen molar-refractivity contribution >= 4 is 33.3 Å². The lowest BCUT2D eigenvalue weighted by Gasteiger charge is -2.42. The first-order chi connectivity index (χ1) is 36.5. The summed E-state index contributed by atoms with van der Waals surface area (Å²) < 4.78 is 29.3. The van der Waals surface area contributed by atoms with Gasteiger partial charge in [-0.15, -0.1) is 0 Å². The molecule has 78 heavy (non-hydrogen) atoms. The van der Waals surface area contributed by atoms with Gasteiger partial charge in [0, 0.05) is 23.1 Å². The molecule has 0 aromatic heterocycles. The SMILES string of the molecule is CCC#Cc1ccc(O[Si](C(C)C)(C(C)C)C(C)C)cc1CCc1cc(O[Si](C(C)C)(C(C)C)C(C)C)ccc1C#Cc1ccc(O[Si](C(C)C)(C(C)C)C(C)C)cc1CCc1cccc(O[Si](C(C)C)(C(C)C)C(C)C)c1. The fourth-order valence-corrected chi connectivity index (χ4v) is 35.7. The molecule has 0 aliphatic heterocycles. The van der Waals surface area contributed by atoms with Crippen molar-refractivity contribution in [3.63, 3.8) is 0 Å². The van der Waals surface area contributed by atoms with Crippen molar-refractivity contribution in [2.45, 2.75) is 272 Å². The Morgan fingerprint density at radius 1 is 0.308 bits per heavy atom. The molecule has 0 amide bonds. The minimum atomic E-state index is -2.25. The molecule has 4 aromatic rings. The Hall–Kier alpha value is -3.93. The predicted octanol–water partition coefficient (Wildman–Crippen LogP) is 21.6. The van der Waals surface area contributed by atoms with Crippen LogP contribution in [0.4, 0.5) is 0 Å². The highest BCUT2D eigenvalue weighted by molar-refractivity contribution is 6.79. The summed E-state index contributed by atoms with van der Waals surface area (Å²) in [7, 11) is -8.80. The van der Waals surface area contributed by atoms with Crippen LogP contribution in [0.1, 0.15) is 218 Å². The van der Waals surface area contributed by atoms with Crippen molar-refractivity contribution in [3.8, 4) is 46.7 Å². The number of hydrogen-bond donors (Lipinski definition) is 0. The first-order valence-electron chi connectivity index (χ1n) is 30.7. The predicted molar refractivity (Wildman–Crippen MR) is 350 cm³/mol. The summed E-state index contributed by atoms with van der Waals surface area (Å²) >= 11 is 0. The third-order valence-electron chi connectivity index (χ3n) is 18.2. The van der Waals surface area contributed by atoms with Gasteiger partial charge < -0.3 is 17.7 Å². The molecule has 0 saturated carbocycles. The van der Waals surface area contributed by atoms with Gasteiger partial charge in [-0.1, -0.05) is 209 Å². The second-order valence-electron chi connectivity index (χ2n) is 26.7. The summed E-state index contributed by atoms with van der Waals surface area (Å²) in [6.45, 7) is 58.8. The van der Waals surface area contributed by atoms with E-state index in [0.29, 0.717) is 66.5 Å². The number of hydrogen-bond acceptors (Lipinski definition) is 4. The molecule has 0 aliphatic rings. The van der Waals surface area contributed by atoms with Gasteiger partial charge in [0.1, 0.15) is 23.0 Å². The summed E-state index contributed by atoms with van der Waals surface area (Å²) in [4.78, 5) is 0. The van der Waals surface area contributed by atoms with Crippen LogP contribution >= 0.6 is 0 Å². The van der Waals surface area contributed by atoms with Crippen molar-refractivity contribution in [1.29, 1.82) is 0 Å². The zero-order chi connectivity index (χ0) is 58.7. The van der Waals surface area contributed by atoms with Gasteiger partial charge in [-0.2, -0.15) is 0 Å². The van der Waals surface area contributed by atoms with E-state index in [2.05, 4.69) is 276 Å². The van der Waals surface area contributed by atoms with Crippen LogP contribution in [0.25, 0.3) is 0 Å². The van der Waals surface area contributed by atoms with E-state index in [1.54, 1.807) is 0 Å². The number of benzene rings is 4. The summed E-state index contributed by atoms with van der Waals surface area (Å²) in [6.07, 6.45) is 4.07. The zero-order valence-corrected chi connectivity index (χ0v) is 58.1. The Morgan fingerprint density at radius 2 is 0.564 bits per heavy atom. The van der Waals surface area contributed by atoms with E-state index in [-0.39, 0.29) is 0 Å². The molecule has 0 bridgehead atoms. The third-order valence-corrected chi connectivity index (χ3v) is 42.2. The molecular weight excluding hydrogens is 1020 g/mol. The minimum absolute atomic E-state index is 0.450. The minimum Gasteiger partial charge on any atom is -0.543 e.